The van der Waals surface area contributed by atoms with Crippen molar-refractivity contribution < 1.29 is 19.4 Å². The van der Waals surface area contributed by atoms with Gasteiger partial charge in [0.05, 0.1) is 8.95 Å². The first-order valence-corrected chi connectivity index (χ1v) is 8.44. The van der Waals surface area contributed by atoms with Crippen LogP contribution in [-0.4, -0.2) is 26.4 Å². The Morgan fingerprint density at radius 3 is 2.50 bits per heavy atom. The van der Waals surface area contributed by atoms with Gasteiger partial charge < -0.3 is 14.6 Å². The number of carbonyl (C=O) groups is 1. The molecule has 0 radical (unpaired) electrons. The van der Waals surface area contributed by atoms with E-state index in [4.69, 9.17) is 4.42 Å². The fourth-order valence-electron chi connectivity index (χ4n) is 1.47. The van der Waals surface area contributed by atoms with Crippen molar-refractivity contribution in [3.05, 3.63) is 37.4 Å². The lowest BCUT2D eigenvalue weighted by Gasteiger charge is -2.04. The molecule has 0 bridgehead atoms. The van der Waals surface area contributed by atoms with E-state index in [1.807, 2.05) is 6.92 Å². The number of phenolic OH excluding ortho intramolecular Hbond substituents is 1. The van der Waals surface area contributed by atoms with Gasteiger partial charge in [0, 0.05) is 6.42 Å². The number of phenols is 1. The molecule has 1 heterocycles. The van der Waals surface area contributed by atoms with Gasteiger partial charge in [-0.1, -0.05) is 6.92 Å². The Morgan fingerprint density at radius 2 is 2.00 bits per heavy atom. The van der Waals surface area contributed by atoms with Crippen LogP contribution in [0.15, 0.2) is 35.6 Å². The SMILES string of the molecule is CCc1nnc(S/C(=C\c2cc(Br)c(O)c(Br)c2)C(=O)O)o1. The Kier molecular flexibility index (Phi) is 5.65. The average Bonchev–Trinajstić information content (AvgIpc) is 2.91. The zero-order chi connectivity index (χ0) is 16.3. The predicted molar refractivity (Wildman–Crippen MR) is 88.7 cm³/mol. The van der Waals surface area contributed by atoms with Crippen LogP contribution in [0.2, 0.25) is 0 Å². The van der Waals surface area contributed by atoms with Crippen molar-refractivity contribution in [3.63, 3.8) is 0 Å². The van der Waals surface area contributed by atoms with Gasteiger partial charge in [0.15, 0.2) is 0 Å². The van der Waals surface area contributed by atoms with Crippen LogP contribution in [0.4, 0.5) is 0 Å². The normalized spacial score (nSPS) is 11.7. The van der Waals surface area contributed by atoms with Crippen molar-refractivity contribution >= 4 is 55.7 Å². The smallest absolute Gasteiger partial charge is 0.342 e. The average molecular weight is 450 g/mol. The number of aromatic nitrogens is 2. The highest BCUT2D eigenvalue weighted by Gasteiger charge is 2.15. The second kappa shape index (κ2) is 7.30. The molecule has 0 spiro atoms. The molecule has 0 aliphatic rings. The number of hydrogen-bond acceptors (Lipinski definition) is 6. The van der Waals surface area contributed by atoms with Gasteiger partial charge in [-0.2, -0.15) is 0 Å². The summed E-state index contributed by atoms with van der Waals surface area (Å²) < 4.78 is 6.20. The fourth-order valence-corrected chi connectivity index (χ4v) is 3.38. The zero-order valence-corrected chi connectivity index (χ0v) is 15.2. The maximum atomic E-state index is 11.4. The van der Waals surface area contributed by atoms with Crippen molar-refractivity contribution in [2.24, 2.45) is 0 Å². The standard InChI is InChI=1S/C13H10Br2N2O4S/c1-2-10-16-17-13(21-10)22-9(12(19)20)5-6-3-7(14)11(18)8(15)4-6/h3-5,18H,2H2,1H3,(H,19,20)/b9-5-. The van der Waals surface area contributed by atoms with E-state index in [2.05, 4.69) is 42.1 Å². The van der Waals surface area contributed by atoms with Gasteiger partial charge in [0.1, 0.15) is 10.7 Å². The summed E-state index contributed by atoms with van der Waals surface area (Å²) in [6, 6.07) is 3.21. The third kappa shape index (κ3) is 4.11. The number of hydrogen-bond donors (Lipinski definition) is 2. The number of carboxylic acids is 1. The highest BCUT2D eigenvalue weighted by atomic mass is 79.9. The first-order valence-electron chi connectivity index (χ1n) is 6.04. The maximum absolute atomic E-state index is 11.4. The molecule has 0 fully saturated rings. The summed E-state index contributed by atoms with van der Waals surface area (Å²) in [4.78, 5) is 11.4. The molecule has 9 heteroatoms. The van der Waals surface area contributed by atoms with Crippen LogP contribution >= 0.6 is 43.6 Å². The quantitative estimate of drug-likeness (QED) is 0.524. The molecule has 0 atom stereocenters. The number of aryl methyl sites for hydroxylation is 1. The summed E-state index contributed by atoms with van der Waals surface area (Å²) in [5.74, 6) is -0.616. The van der Waals surface area contributed by atoms with Crippen LogP contribution in [0.25, 0.3) is 6.08 Å². The minimum atomic E-state index is -1.11. The van der Waals surface area contributed by atoms with Crippen LogP contribution in [0.5, 0.6) is 5.75 Å². The third-order valence-corrected chi connectivity index (χ3v) is 4.56. The number of thioether (sulfide) groups is 1. The number of nitrogens with zero attached hydrogens (tertiary/aromatic N) is 2. The van der Waals surface area contributed by atoms with E-state index in [0.717, 1.165) is 11.8 Å². The molecule has 0 saturated heterocycles. The maximum Gasteiger partial charge on any atom is 0.342 e. The van der Waals surface area contributed by atoms with Crippen LogP contribution in [0, 0.1) is 0 Å². The van der Waals surface area contributed by atoms with Gasteiger partial charge in [-0.3, -0.25) is 0 Å². The van der Waals surface area contributed by atoms with Gasteiger partial charge in [0.25, 0.3) is 5.22 Å². The molecule has 0 saturated carbocycles. The summed E-state index contributed by atoms with van der Waals surface area (Å²) in [5.41, 5.74) is 0.594. The van der Waals surface area contributed by atoms with Crippen molar-refractivity contribution in [1.29, 1.82) is 0 Å². The highest BCUT2D eigenvalue weighted by molar-refractivity contribution is 9.11. The summed E-state index contributed by atoms with van der Waals surface area (Å²) >= 11 is 7.27. The molecular formula is C13H10Br2N2O4S. The minimum Gasteiger partial charge on any atom is -0.506 e. The summed E-state index contributed by atoms with van der Waals surface area (Å²) in [7, 11) is 0. The fraction of sp³-hybridized carbons (Fsp3) is 0.154. The Labute approximate surface area is 146 Å². The number of rotatable bonds is 5. The molecule has 6 nitrogen and oxygen atoms in total. The molecule has 0 aliphatic heterocycles. The third-order valence-electron chi connectivity index (χ3n) is 2.50. The van der Waals surface area contributed by atoms with E-state index >= 15 is 0 Å². The van der Waals surface area contributed by atoms with Gasteiger partial charge in [0.2, 0.25) is 5.89 Å². The van der Waals surface area contributed by atoms with Gasteiger partial charge in [-0.25, -0.2) is 4.79 Å². The van der Waals surface area contributed by atoms with E-state index in [0.29, 0.717) is 26.8 Å². The van der Waals surface area contributed by atoms with Gasteiger partial charge >= 0.3 is 5.97 Å². The zero-order valence-electron chi connectivity index (χ0n) is 11.2. The summed E-state index contributed by atoms with van der Waals surface area (Å²) in [6.07, 6.45) is 2.04. The summed E-state index contributed by atoms with van der Waals surface area (Å²) in [5, 5.41) is 26.7. The Morgan fingerprint density at radius 1 is 1.36 bits per heavy atom. The molecule has 2 aromatic rings. The molecule has 0 aliphatic carbocycles. The highest BCUT2D eigenvalue weighted by Crippen LogP contribution is 2.35. The number of aromatic hydroxyl groups is 1. The van der Waals surface area contributed by atoms with Crippen LogP contribution in [-0.2, 0) is 11.2 Å². The number of carboxylic acid groups (broad SMARTS) is 1. The van der Waals surface area contributed by atoms with E-state index in [-0.39, 0.29) is 15.9 Å². The molecular weight excluding hydrogens is 440 g/mol. The summed E-state index contributed by atoms with van der Waals surface area (Å²) in [6.45, 7) is 1.86. The lowest BCUT2D eigenvalue weighted by Crippen LogP contribution is -1.97. The Balaban J connectivity index is 2.33. The molecule has 1 aromatic heterocycles. The van der Waals surface area contributed by atoms with Crippen molar-refractivity contribution in [2.75, 3.05) is 0 Å². The number of benzene rings is 1. The number of halogens is 2. The molecule has 1 aromatic carbocycles. The van der Waals surface area contributed by atoms with E-state index in [1.54, 1.807) is 12.1 Å². The minimum absolute atomic E-state index is 0.0239. The predicted octanol–water partition coefficient (Wildman–Crippen LogP) is 4.08. The second-order valence-corrected chi connectivity index (χ2v) is 6.77. The second-order valence-electron chi connectivity index (χ2n) is 4.06. The first-order chi connectivity index (χ1) is 10.4. The first kappa shape index (κ1) is 17.0. The monoisotopic (exact) mass is 448 g/mol. The Bertz CT molecular complexity index is 722. The molecule has 0 amide bonds. The topological polar surface area (TPSA) is 96.5 Å². The number of aliphatic carboxylic acids is 1. The van der Waals surface area contributed by atoms with Gasteiger partial charge in [-0.15, -0.1) is 10.2 Å². The molecule has 0 unspecified atom stereocenters. The van der Waals surface area contributed by atoms with Crippen molar-refractivity contribution in [1.82, 2.24) is 10.2 Å². The van der Waals surface area contributed by atoms with E-state index < -0.39 is 5.97 Å². The largest absolute Gasteiger partial charge is 0.506 e. The van der Waals surface area contributed by atoms with Gasteiger partial charge in [-0.05, 0) is 67.4 Å². The lowest BCUT2D eigenvalue weighted by molar-refractivity contribution is -0.131. The van der Waals surface area contributed by atoms with E-state index in [1.165, 1.54) is 6.08 Å². The lowest BCUT2D eigenvalue weighted by atomic mass is 10.2. The molecule has 2 N–H and O–H groups in total. The van der Waals surface area contributed by atoms with Crippen LogP contribution in [0.3, 0.4) is 0 Å². The van der Waals surface area contributed by atoms with Crippen molar-refractivity contribution in [3.8, 4) is 5.75 Å². The molecule has 22 heavy (non-hydrogen) atoms. The Hall–Kier alpha value is -1.32. The molecule has 2 rings (SSSR count). The van der Waals surface area contributed by atoms with Crippen molar-refractivity contribution in [2.45, 2.75) is 18.6 Å². The van der Waals surface area contributed by atoms with Crippen LogP contribution in [0.1, 0.15) is 18.4 Å². The van der Waals surface area contributed by atoms with Crippen LogP contribution < -0.4 is 0 Å². The molecule has 116 valence electrons. The van der Waals surface area contributed by atoms with E-state index in [9.17, 15) is 15.0 Å².